The maximum atomic E-state index is 2.25. The molecule has 0 fully saturated rings. The Morgan fingerprint density at radius 1 is 0.900 bits per heavy atom. The van der Waals surface area contributed by atoms with Gasteiger partial charge in [0.1, 0.15) is 0 Å². The van der Waals surface area contributed by atoms with Gasteiger partial charge in [-0.25, -0.2) is 0 Å². The highest BCUT2D eigenvalue weighted by Crippen LogP contribution is 1.91. The Balaban J connectivity index is 0. The lowest BCUT2D eigenvalue weighted by Gasteiger charge is -2.01. The molecular formula is C9H21N. The van der Waals surface area contributed by atoms with E-state index in [9.17, 15) is 0 Å². The van der Waals surface area contributed by atoms with Gasteiger partial charge in [-0.2, -0.15) is 0 Å². The molecule has 10 heavy (non-hydrogen) atoms. The van der Waals surface area contributed by atoms with Crippen LogP contribution in [-0.4, -0.2) is 25.0 Å². The highest BCUT2D eigenvalue weighted by Gasteiger charge is 1.94. The van der Waals surface area contributed by atoms with Crippen LogP contribution in [0, 0.1) is 0 Å². The van der Waals surface area contributed by atoms with Gasteiger partial charge in [-0.1, -0.05) is 39.8 Å². The van der Waals surface area contributed by atoms with E-state index in [1.165, 1.54) is 0 Å². The van der Waals surface area contributed by atoms with E-state index in [4.69, 9.17) is 0 Å². The molecule has 1 aliphatic rings. The van der Waals surface area contributed by atoms with Gasteiger partial charge in [0.2, 0.25) is 0 Å². The van der Waals surface area contributed by atoms with Crippen LogP contribution >= 0.6 is 0 Å². The molecule has 62 valence electrons. The second kappa shape index (κ2) is 11.5. The number of hydrogen-bond donors (Lipinski definition) is 0. The van der Waals surface area contributed by atoms with Crippen molar-refractivity contribution in [1.82, 2.24) is 4.90 Å². The maximum Gasteiger partial charge on any atom is 0.0163 e. The first-order chi connectivity index (χ1) is 4.89. The van der Waals surface area contributed by atoms with Gasteiger partial charge in [0, 0.05) is 13.1 Å². The van der Waals surface area contributed by atoms with Gasteiger partial charge in [-0.3, -0.25) is 4.90 Å². The van der Waals surface area contributed by atoms with E-state index >= 15 is 0 Å². The van der Waals surface area contributed by atoms with E-state index in [2.05, 4.69) is 24.1 Å². The minimum Gasteiger partial charge on any atom is -0.299 e. The number of likely N-dealkylation sites (N-methyl/N-ethyl adjacent to an activating group) is 1. The summed E-state index contributed by atoms with van der Waals surface area (Å²) in [6, 6.07) is 0. The number of rotatable bonds is 0. The molecule has 0 aromatic carbocycles. The molecule has 1 nitrogen and oxygen atoms in total. The first-order valence-corrected chi connectivity index (χ1v) is 4.23. The van der Waals surface area contributed by atoms with Gasteiger partial charge in [-0.05, 0) is 7.05 Å². The lowest BCUT2D eigenvalue weighted by Crippen LogP contribution is -2.11. The summed E-state index contributed by atoms with van der Waals surface area (Å²) in [5, 5.41) is 0. The quantitative estimate of drug-likeness (QED) is 0.471. The molecule has 0 saturated heterocycles. The molecule has 0 N–H and O–H groups in total. The van der Waals surface area contributed by atoms with Crippen molar-refractivity contribution in [2.75, 3.05) is 20.1 Å². The second-order valence-electron chi connectivity index (χ2n) is 1.69. The van der Waals surface area contributed by atoms with Crippen molar-refractivity contribution in [2.24, 2.45) is 0 Å². The van der Waals surface area contributed by atoms with Crippen LogP contribution in [0.5, 0.6) is 0 Å². The van der Waals surface area contributed by atoms with Crippen molar-refractivity contribution in [2.45, 2.75) is 27.7 Å². The zero-order chi connectivity index (χ0) is 8.41. The number of hydrogen-bond acceptors (Lipinski definition) is 1. The Morgan fingerprint density at radius 2 is 1.20 bits per heavy atom. The highest BCUT2D eigenvalue weighted by atomic mass is 15.1. The van der Waals surface area contributed by atoms with Crippen molar-refractivity contribution >= 4 is 0 Å². The van der Waals surface area contributed by atoms with Crippen LogP contribution in [0.1, 0.15) is 27.7 Å². The Kier molecular flexibility index (Phi) is 14.2. The van der Waals surface area contributed by atoms with Crippen LogP contribution in [0.2, 0.25) is 0 Å². The van der Waals surface area contributed by atoms with Gasteiger partial charge in [0.05, 0.1) is 0 Å². The lowest BCUT2D eigenvalue weighted by molar-refractivity contribution is 0.435. The Labute approximate surface area is 65.7 Å². The van der Waals surface area contributed by atoms with E-state index in [-0.39, 0.29) is 0 Å². The van der Waals surface area contributed by atoms with Crippen molar-refractivity contribution in [3.63, 3.8) is 0 Å². The molecule has 0 aromatic rings. The van der Waals surface area contributed by atoms with E-state index in [1.807, 2.05) is 27.7 Å². The SMILES string of the molecule is CC.CC.CN1CC=CC1. The fraction of sp³-hybridized carbons (Fsp3) is 0.778. The summed E-state index contributed by atoms with van der Waals surface area (Å²) in [5.74, 6) is 0. The summed E-state index contributed by atoms with van der Waals surface area (Å²) >= 11 is 0. The van der Waals surface area contributed by atoms with Crippen LogP contribution in [0.3, 0.4) is 0 Å². The average Bonchev–Trinajstić information content (AvgIpc) is 2.48. The molecule has 0 atom stereocenters. The van der Waals surface area contributed by atoms with Gasteiger partial charge in [-0.15, -0.1) is 0 Å². The van der Waals surface area contributed by atoms with Crippen molar-refractivity contribution in [1.29, 1.82) is 0 Å². The van der Waals surface area contributed by atoms with Crippen molar-refractivity contribution < 1.29 is 0 Å². The summed E-state index contributed by atoms with van der Waals surface area (Å²) in [6.45, 7) is 10.3. The van der Waals surface area contributed by atoms with E-state index in [0.29, 0.717) is 0 Å². The van der Waals surface area contributed by atoms with Gasteiger partial charge in [0.25, 0.3) is 0 Å². The molecule has 0 aromatic heterocycles. The largest absolute Gasteiger partial charge is 0.299 e. The maximum absolute atomic E-state index is 2.25. The normalized spacial score (nSPS) is 14.9. The summed E-state index contributed by atoms with van der Waals surface area (Å²) in [5.41, 5.74) is 0. The third-order valence-electron chi connectivity index (χ3n) is 1.00. The molecule has 0 radical (unpaired) electrons. The third-order valence-corrected chi connectivity index (χ3v) is 1.00. The Bertz CT molecular complexity index is 59.1. The Morgan fingerprint density at radius 3 is 1.30 bits per heavy atom. The predicted molar refractivity (Wildman–Crippen MR) is 49.3 cm³/mol. The molecule has 0 saturated carbocycles. The summed E-state index contributed by atoms with van der Waals surface area (Å²) in [4.78, 5) is 2.25. The summed E-state index contributed by atoms with van der Waals surface area (Å²) in [7, 11) is 2.11. The zero-order valence-electron chi connectivity index (χ0n) is 8.02. The lowest BCUT2D eigenvalue weighted by atomic mass is 10.6. The van der Waals surface area contributed by atoms with Gasteiger partial charge < -0.3 is 0 Å². The summed E-state index contributed by atoms with van der Waals surface area (Å²) < 4.78 is 0. The molecule has 0 aliphatic carbocycles. The molecule has 1 heterocycles. The van der Waals surface area contributed by atoms with Crippen molar-refractivity contribution in [3.8, 4) is 0 Å². The number of nitrogens with zero attached hydrogens (tertiary/aromatic N) is 1. The highest BCUT2D eigenvalue weighted by molar-refractivity contribution is 4.93. The van der Waals surface area contributed by atoms with E-state index < -0.39 is 0 Å². The smallest absolute Gasteiger partial charge is 0.0163 e. The predicted octanol–water partition coefficient (Wildman–Crippen LogP) is 2.54. The minimum atomic E-state index is 1.14. The zero-order valence-corrected chi connectivity index (χ0v) is 8.02. The van der Waals surface area contributed by atoms with Gasteiger partial charge >= 0.3 is 0 Å². The summed E-state index contributed by atoms with van der Waals surface area (Å²) in [6.07, 6.45) is 4.36. The standard InChI is InChI=1S/C5H9N.2C2H6/c1-6-4-2-3-5-6;2*1-2/h2-3H,4-5H2,1H3;2*1-2H3. The fourth-order valence-corrected chi connectivity index (χ4v) is 0.583. The third kappa shape index (κ3) is 7.70. The molecule has 0 spiro atoms. The Hall–Kier alpha value is -0.300. The van der Waals surface area contributed by atoms with E-state index in [0.717, 1.165) is 13.1 Å². The van der Waals surface area contributed by atoms with Gasteiger partial charge in [0.15, 0.2) is 0 Å². The molecule has 1 heteroatoms. The first-order valence-electron chi connectivity index (χ1n) is 4.23. The van der Waals surface area contributed by atoms with Crippen LogP contribution in [0.25, 0.3) is 0 Å². The molecule has 1 rings (SSSR count). The van der Waals surface area contributed by atoms with Crippen LogP contribution in [0.15, 0.2) is 12.2 Å². The average molecular weight is 143 g/mol. The molecule has 0 bridgehead atoms. The van der Waals surface area contributed by atoms with E-state index in [1.54, 1.807) is 0 Å². The minimum absolute atomic E-state index is 1.14. The topological polar surface area (TPSA) is 3.24 Å². The second-order valence-corrected chi connectivity index (χ2v) is 1.69. The van der Waals surface area contributed by atoms with Crippen LogP contribution in [-0.2, 0) is 0 Å². The first kappa shape index (κ1) is 12.4. The molecule has 0 amide bonds. The van der Waals surface area contributed by atoms with Crippen molar-refractivity contribution in [3.05, 3.63) is 12.2 Å². The molecular weight excluding hydrogens is 122 g/mol. The molecule has 1 aliphatic heterocycles. The van der Waals surface area contributed by atoms with Crippen LogP contribution < -0.4 is 0 Å². The molecule has 0 unspecified atom stereocenters. The van der Waals surface area contributed by atoms with Crippen LogP contribution in [0.4, 0.5) is 0 Å². The fourth-order valence-electron chi connectivity index (χ4n) is 0.583. The monoisotopic (exact) mass is 143 g/mol.